The summed E-state index contributed by atoms with van der Waals surface area (Å²) in [6.45, 7) is 2.12. The Balaban J connectivity index is 1.65. The molecular weight excluding hydrogens is 675 g/mol. The molecule has 3 aromatic carbocycles. The van der Waals surface area contributed by atoms with Crippen LogP contribution in [-0.4, -0.2) is 63.7 Å². The van der Waals surface area contributed by atoms with Crippen LogP contribution in [0.4, 0.5) is 22.0 Å². The van der Waals surface area contributed by atoms with Gasteiger partial charge in [0.25, 0.3) is 5.91 Å². The summed E-state index contributed by atoms with van der Waals surface area (Å²) in [5.41, 5.74) is -0.356. The SMILES string of the molecule is Cn1nc(C(F)(F)C(=O)NC(C)(C)CO)c2c1c1ccc(-c3cccc(S(C)(=O)=O)c3)cc1[n+]1c(-c3ccc(OC(F)(F)F)cc3)cnn21. The molecule has 1 amide bonds. The highest BCUT2D eigenvalue weighted by Gasteiger charge is 2.49. The van der Waals surface area contributed by atoms with E-state index in [0.29, 0.717) is 27.6 Å². The number of sulfone groups is 1. The minimum absolute atomic E-state index is 0.0747. The van der Waals surface area contributed by atoms with Gasteiger partial charge in [0.1, 0.15) is 11.3 Å². The Morgan fingerprint density at radius 1 is 0.959 bits per heavy atom. The normalized spacial score (nSPS) is 13.0. The number of ether oxygens (including phenoxy) is 1. The fourth-order valence-corrected chi connectivity index (χ4v) is 6.14. The number of nitrogens with zero attached hydrogens (tertiary/aromatic N) is 5. The lowest BCUT2D eigenvalue weighted by molar-refractivity contribution is -0.581. The Kier molecular flexibility index (Phi) is 7.90. The van der Waals surface area contributed by atoms with Crippen molar-refractivity contribution < 1.29 is 49.5 Å². The Labute approximate surface area is 275 Å². The van der Waals surface area contributed by atoms with E-state index in [-0.39, 0.29) is 21.6 Å². The summed E-state index contributed by atoms with van der Waals surface area (Å²) in [5, 5.41) is 20.5. The van der Waals surface area contributed by atoms with Crippen molar-refractivity contribution in [1.82, 2.24) is 24.8 Å². The van der Waals surface area contributed by atoms with Gasteiger partial charge in [-0.05, 0) is 78.1 Å². The molecule has 256 valence electrons. The number of nitrogens with one attached hydrogen (secondary N) is 1. The average Bonchev–Trinajstić information content (AvgIpc) is 3.62. The molecule has 3 aromatic heterocycles. The molecule has 0 aliphatic heterocycles. The maximum Gasteiger partial charge on any atom is 0.573 e. The zero-order chi connectivity index (χ0) is 35.7. The molecule has 0 aliphatic rings. The minimum Gasteiger partial charge on any atom is -0.406 e. The first-order valence-corrected chi connectivity index (χ1v) is 16.4. The van der Waals surface area contributed by atoms with Gasteiger partial charge in [0.05, 0.1) is 22.4 Å². The Hall–Kier alpha value is -5.16. The average molecular weight is 704 g/mol. The Morgan fingerprint density at radius 3 is 2.24 bits per heavy atom. The van der Waals surface area contributed by atoms with Crippen molar-refractivity contribution in [1.29, 1.82) is 0 Å². The van der Waals surface area contributed by atoms with E-state index in [1.165, 1.54) is 60.6 Å². The van der Waals surface area contributed by atoms with Crippen LogP contribution in [0.2, 0.25) is 0 Å². The van der Waals surface area contributed by atoms with Crippen LogP contribution in [0.5, 0.6) is 5.75 Å². The van der Waals surface area contributed by atoms with Gasteiger partial charge in [-0.2, -0.15) is 13.9 Å². The van der Waals surface area contributed by atoms with E-state index in [1.54, 1.807) is 30.3 Å². The number of halogens is 5. The number of aliphatic hydroxyl groups is 1. The predicted octanol–water partition coefficient (Wildman–Crippen LogP) is 4.57. The maximum absolute atomic E-state index is 16.0. The van der Waals surface area contributed by atoms with Gasteiger partial charge in [-0.25, -0.2) is 8.42 Å². The molecule has 6 rings (SSSR count). The largest absolute Gasteiger partial charge is 0.573 e. The molecule has 0 radical (unpaired) electrons. The molecule has 0 saturated heterocycles. The van der Waals surface area contributed by atoms with E-state index >= 15 is 8.78 Å². The van der Waals surface area contributed by atoms with E-state index in [2.05, 4.69) is 20.3 Å². The van der Waals surface area contributed by atoms with E-state index in [0.717, 1.165) is 23.0 Å². The summed E-state index contributed by atoms with van der Waals surface area (Å²) in [6.07, 6.45) is -2.53. The molecule has 49 heavy (non-hydrogen) atoms. The molecule has 17 heteroatoms. The van der Waals surface area contributed by atoms with Crippen molar-refractivity contribution in [3.8, 4) is 28.1 Å². The van der Waals surface area contributed by atoms with Crippen molar-refractivity contribution in [3.05, 3.63) is 78.6 Å². The summed E-state index contributed by atoms with van der Waals surface area (Å²) in [7, 11) is -2.14. The van der Waals surface area contributed by atoms with E-state index in [1.807, 2.05) is 0 Å². The number of amides is 1. The molecule has 0 saturated carbocycles. The summed E-state index contributed by atoms with van der Waals surface area (Å²) >= 11 is 0. The summed E-state index contributed by atoms with van der Waals surface area (Å²) < 4.78 is 103. The standard InChI is InChI=1S/C32H27F5N6O5S/c1-30(2,17-44)39-29(45)31(33,34)28-27-26(41(3)40-28)23-13-10-20(19-6-5-7-22(14-19)49(4,46)47)15-24(23)42-25(16-38-43(27)42)18-8-11-21(12-9-18)48-32(35,36)37/h5-16,44H,17H2,1-4H3/p+1. The van der Waals surface area contributed by atoms with Gasteiger partial charge >= 0.3 is 12.3 Å². The molecule has 0 bridgehead atoms. The van der Waals surface area contributed by atoms with Crippen molar-refractivity contribution in [2.24, 2.45) is 7.05 Å². The number of aryl methyl sites for hydroxylation is 1. The third kappa shape index (κ3) is 6.14. The second-order valence-electron chi connectivity index (χ2n) is 12.1. The number of benzene rings is 3. The van der Waals surface area contributed by atoms with E-state index in [9.17, 15) is 31.5 Å². The van der Waals surface area contributed by atoms with Crippen molar-refractivity contribution in [3.63, 3.8) is 0 Å². The van der Waals surface area contributed by atoms with Gasteiger partial charge in [0, 0.05) is 24.0 Å². The molecule has 6 aromatic rings. The van der Waals surface area contributed by atoms with Crippen LogP contribution in [0.15, 0.2) is 77.8 Å². The van der Waals surface area contributed by atoms with Gasteiger partial charge in [0.15, 0.2) is 26.6 Å². The molecule has 0 spiro atoms. The number of hydrogen-bond donors (Lipinski definition) is 2. The second-order valence-corrected chi connectivity index (χ2v) is 14.1. The lowest BCUT2D eigenvalue weighted by Gasteiger charge is -2.25. The van der Waals surface area contributed by atoms with Crippen LogP contribution in [0.25, 0.3) is 44.3 Å². The number of alkyl halides is 5. The highest BCUT2D eigenvalue weighted by molar-refractivity contribution is 7.90. The lowest BCUT2D eigenvalue weighted by atomic mass is 10.0. The number of rotatable bonds is 8. The molecule has 0 unspecified atom stereocenters. The third-order valence-corrected chi connectivity index (χ3v) is 8.93. The van der Waals surface area contributed by atoms with Crippen molar-refractivity contribution in [2.75, 3.05) is 12.9 Å². The molecule has 0 aliphatic carbocycles. The molecule has 0 fully saturated rings. The first-order valence-electron chi connectivity index (χ1n) is 14.5. The quantitative estimate of drug-likeness (QED) is 0.175. The van der Waals surface area contributed by atoms with E-state index in [4.69, 9.17) is 0 Å². The summed E-state index contributed by atoms with van der Waals surface area (Å²) in [6, 6.07) is 16.0. The first kappa shape index (κ1) is 33.7. The van der Waals surface area contributed by atoms with Gasteiger partial charge < -0.3 is 15.2 Å². The van der Waals surface area contributed by atoms with Crippen LogP contribution < -0.4 is 14.6 Å². The number of aromatic nitrogens is 5. The zero-order valence-corrected chi connectivity index (χ0v) is 27.1. The molecule has 2 N–H and O–H groups in total. The van der Waals surface area contributed by atoms with Gasteiger partial charge in [-0.15, -0.1) is 17.7 Å². The van der Waals surface area contributed by atoms with E-state index < -0.39 is 51.6 Å². The molecule has 11 nitrogen and oxygen atoms in total. The zero-order valence-electron chi connectivity index (χ0n) is 26.2. The van der Waals surface area contributed by atoms with Crippen LogP contribution in [0.1, 0.15) is 19.5 Å². The van der Waals surface area contributed by atoms with Gasteiger partial charge in [-0.3, -0.25) is 9.48 Å². The van der Waals surface area contributed by atoms with Crippen LogP contribution in [0, 0.1) is 0 Å². The number of hydrogen-bond acceptors (Lipinski definition) is 7. The van der Waals surface area contributed by atoms with Gasteiger partial charge in [0.2, 0.25) is 11.9 Å². The van der Waals surface area contributed by atoms with Crippen molar-refractivity contribution >= 4 is 37.7 Å². The minimum atomic E-state index is -4.92. The highest BCUT2D eigenvalue weighted by atomic mass is 32.2. The number of carbonyl (C=O) groups excluding carboxylic acids is 1. The number of fused-ring (bicyclic) bond motifs is 6. The van der Waals surface area contributed by atoms with Crippen LogP contribution >= 0.6 is 0 Å². The Bertz CT molecular complexity index is 2390. The molecule has 0 atom stereocenters. The fourth-order valence-electron chi connectivity index (χ4n) is 5.47. The molecular formula is C32H28F5N6O5S+. The monoisotopic (exact) mass is 703 g/mol. The second kappa shape index (κ2) is 11.5. The van der Waals surface area contributed by atoms with Crippen molar-refractivity contribution in [2.45, 2.75) is 36.6 Å². The summed E-state index contributed by atoms with van der Waals surface area (Å²) in [5.74, 6) is -6.41. The fraction of sp³-hybridized carbons (Fsp3) is 0.250. The number of carbonyl (C=O) groups is 1. The van der Waals surface area contributed by atoms with Crippen LogP contribution in [-0.2, 0) is 27.6 Å². The third-order valence-electron chi connectivity index (χ3n) is 7.82. The van der Waals surface area contributed by atoms with Gasteiger partial charge in [-0.1, -0.05) is 18.2 Å². The van der Waals surface area contributed by atoms with Crippen LogP contribution in [0.3, 0.4) is 0 Å². The highest BCUT2D eigenvalue weighted by Crippen LogP contribution is 2.37. The predicted molar refractivity (Wildman–Crippen MR) is 166 cm³/mol. The Morgan fingerprint density at radius 2 is 1.61 bits per heavy atom. The summed E-state index contributed by atoms with van der Waals surface area (Å²) in [4.78, 5) is 13.0. The number of aliphatic hydroxyl groups excluding tert-OH is 1. The smallest absolute Gasteiger partial charge is 0.406 e. The lowest BCUT2D eigenvalue weighted by Crippen LogP contribution is -2.51. The molecule has 3 heterocycles. The first-order chi connectivity index (χ1) is 22.8. The topological polar surface area (TPSA) is 132 Å². The maximum atomic E-state index is 16.0.